The first-order valence-corrected chi connectivity index (χ1v) is 9.94. The van der Waals surface area contributed by atoms with Crippen LogP contribution in [0.25, 0.3) is 10.8 Å². The van der Waals surface area contributed by atoms with Crippen LogP contribution in [0.4, 0.5) is 0 Å². The van der Waals surface area contributed by atoms with E-state index in [0.29, 0.717) is 29.3 Å². The quantitative estimate of drug-likeness (QED) is 0.796. The van der Waals surface area contributed by atoms with Crippen molar-refractivity contribution in [3.05, 3.63) is 29.0 Å². The summed E-state index contributed by atoms with van der Waals surface area (Å²) in [4.78, 5) is 20.7. The molecule has 2 aliphatic rings. The van der Waals surface area contributed by atoms with Gasteiger partial charge in [0.2, 0.25) is 5.89 Å². The van der Waals surface area contributed by atoms with Crippen molar-refractivity contribution in [2.45, 2.75) is 57.9 Å². The van der Waals surface area contributed by atoms with Crippen LogP contribution < -0.4 is 0 Å². The molecule has 0 N–H and O–H groups in total. The van der Waals surface area contributed by atoms with Crippen molar-refractivity contribution in [3.63, 3.8) is 0 Å². The predicted molar refractivity (Wildman–Crippen MR) is 95.2 cm³/mol. The summed E-state index contributed by atoms with van der Waals surface area (Å²) in [6, 6.07) is 4.35. The highest BCUT2D eigenvalue weighted by atomic mass is 32.1. The Kier molecular flexibility index (Phi) is 4.44. The molecule has 0 unspecified atom stereocenters. The molecule has 1 aliphatic carbocycles. The fourth-order valence-electron chi connectivity index (χ4n) is 4.29. The third kappa shape index (κ3) is 2.90. The first kappa shape index (κ1) is 15.9. The molecule has 128 valence electrons. The van der Waals surface area contributed by atoms with Crippen LogP contribution >= 0.6 is 11.3 Å². The number of amides is 1. The zero-order chi connectivity index (χ0) is 16.5. The van der Waals surface area contributed by atoms with Crippen molar-refractivity contribution in [1.82, 2.24) is 9.88 Å². The monoisotopic (exact) mass is 344 g/mol. The highest BCUT2D eigenvalue weighted by Gasteiger charge is 2.37. The summed E-state index contributed by atoms with van der Waals surface area (Å²) in [6.07, 6.45) is 8.78. The van der Waals surface area contributed by atoms with Crippen LogP contribution in [0.1, 0.15) is 61.2 Å². The number of oxazole rings is 1. The predicted octanol–water partition coefficient (Wildman–Crippen LogP) is 4.90. The maximum absolute atomic E-state index is 13.1. The van der Waals surface area contributed by atoms with Gasteiger partial charge in [0.25, 0.3) is 5.91 Å². The highest BCUT2D eigenvalue weighted by molar-refractivity contribution is 7.13. The van der Waals surface area contributed by atoms with Crippen molar-refractivity contribution in [2.24, 2.45) is 5.92 Å². The summed E-state index contributed by atoms with van der Waals surface area (Å²) in [7, 11) is 0. The van der Waals surface area contributed by atoms with Gasteiger partial charge in [0.05, 0.1) is 4.88 Å². The van der Waals surface area contributed by atoms with Gasteiger partial charge in [0, 0.05) is 12.6 Å². The van der Waals surface area contributed by atoms with Crippen molar-refractivity contribution >= 4 is 17.2 Å². The van der Waals surface area contributed by atoms with E-state index in [0.717, 1.165) is 24.3 Å². The van der Waals surface area contributed by atoms with Gasteiger partial charge < -0.3 is 9.32 Å². The van der Waals surface area contributed by atoms with Gasteiger partial charge in [-0.15, -0.1) is 11.3 Å². The van der Waals surface area contributed by atoms with Crippen LogP contribution in [-0.2, 0) is 0 Å². The fourth-order valence-corrected chi connectivity index (χ4v) is 4.94. The van der Waals surface area contributed by atoms with Crippen LogP contribution in [-0.4, -0.2) is 28.4 Å². The standard InChI is InChI=1S/C19H24N2O2S/c1-13-17(20-18(23-13)16-10-6-12-24-16)19(22)21-11-5-9-15(21)14-7-3-2-4-8-14/h6,10,12,14-15H,2-5,7-9,11H2,1H3/t15-/m0/s1. The van der Waals surface area contributed by atoms with E-state index in [2.05, 4.69) is 9.88 Å². The van der Waals surface area contributed by atoms with Crippen molar-refractivity contribution < 1.29 is 9.21 Å². The molecular formula is C19H24N2O2S. The Morgan fingerprint density at radius 3 is 2.83 bits per heavy atom. The van der Waals surface area contributed by atoms with E-state index >= 15 is 0 Å². The van der Waals surface area contributed by atoms with E-state index in [1.54, 1.807) is 11.3 Å². The van der Waals surface area contributed by atoms with Crippen molar-refractivity contribution in [3.8, 4) is 10.8 Å². The minimum Gasteiger partial charge on any atom is -0.440 e. The Morgan fingerprint density at radius 1 is 1.25 bits per heavy atom. The summed E-state index contributed by atoms with van der Waals surface area (Å²) < 4.78 is 5.77. The summed E-state index contributed by atoms with van der Waals surface area (Å²) in [5, 5.41) is 2.00. The number of nitrogens with zero attached hydrogens (tertiary/aromatic N) is 2. The summed E-state index contributed by atoms with van der Waals surface area (Å²) >= 11 is 1.58. The lowest BCUT2D eigenvalue weighted by Crippen LogP contribution is -2.41. The molecule has 2 fully saturated rings. The molecule has 1 saturated heterocycles. The molecule has 1 aliphatic heterocycles. The van der Waals surface area contributed by atoms with Crippen LogP contribution in [0, 0.1) is 12.8 Å². The molecule has 0 radical (unpaired) electrons. The number of likely N-dealkylation sites (tertiary alicyclic amines) is 1. The number of aryl methyl sites for hydroxylation is 1. The van der Waals surface area contributed by atoms with Gasteiger partial charge in [-0.1, -0.05) is 25.3 Å². The number of hydrogen-bond acceptors (Lipinski definition) is 4. The number of aromatic nitrogens is 1. The van der Waals surface area contributed by atoms with E-state index in [1.807, 2.05) is 24.4 Å². The normalized spacial score (nSPS) is 22.2. The lowest BCUT2D eigenvalue weighted by molar-refractivity contribution is 0.0654. The third-order valence-electron chi connectivity index (χ3n) is 5.49. The SMILES string of the molecule is Cc1oc(-c2cccs2)nc1C(=O)N1CCC[C@H]1C1CCCCC1. The van der Waals surface area contributed by atoms with Gasteiger partial charge in [-0.05, 0) is 50.0 Å². The molecule has 1 saturated carbocycles. The smallest absolute Gasteiger partial charge is 0.276 e. The molecule has 4 rings (SSSR count). The zero-order valence-electron chi connectivity index (χ0n) is 14.2. The average Bonchev–Trinajstić information content (AvgIpc) is 3.35. The second-order valence-corrected chi connectivity index (χ2v) is 7.96. The lowest BCUT2D eigenvalue weighted by atomic mass is 9.83. The second-order valence-electron chi connectivity index (χ2n) is 7.01. The molecule has 3 heterocycles. The Morgan fingerprint density at radius 2 is 2.08 bits per heavy atom. The van der Waals surface area contributed by atoms with Crippen LogP contribution in [0.2, 0.25) is 0 Å². The fraction of sp³-hybridized carbons (Fsp3) is 0.579. The number of carbonyl (C=O) groups is 1. The number of hydrogen-bond donors (Lipinski definition) is 0. The largest absolute Gasteiger partial charge is 0.440 e. The van der Waals surface area contributed by atoms with E-state index < -0.39 is 0 Å². The topological polar surface area (TPSA) is 46.3 Å². The summed E-state index contributed by atoms with van der Waals surface area (Å²) in [6.45, 7) is 2.71. The zero-order valence-corrected chi connectivity index (χ0v) is 15.0. The number of thiophene rings is 1. The minimum atomic E-state index is 0.0622. The number of carbonyl (C=O) groups excluding carboxylic acids is 1. The van der Waals surface area contributed by atoms with E-state index in [9.17, 15) is 4.79 Å². The Labute approximate surface area is 146 Å². The van der Waals surface area contributed by atoms with Gasteiger partial charge in [-0.2, -0.15) is 0 Å². The van der Waals surface area contributed by atoms with E-state index in [-0.39, 0.29) is 5.91 Å². The second kappa shape index (κ2) is 6.71. The molecule has 5 heteroatoms. The molecule has 0 aromatic carbocycles. The minimum absolute atomic E-state index is 0.0622. The number of rotatable bonds is 3. The first-order chi connectivity index (χ1) is 11.7. The molecule has 0 spiro atoms. The molecule has 1 amide bonds. The van der Waals surface area contributed by atoms with E-state index in [4.69, 9.17) is 4.42 Å². The Balaban J connectivity index is 1.56. The summed E-state index contributed by atoms with van der Waals surface area (Å²) in [5.41, 5.74) is 0.501. The molecule has 2 aromatic rings. The highest BCUT2D eigenvalue weighted by Crippen LogP contribution is 2.35. The van der Waals surface area contributed by atoms with Crippen molar-refractivity contribution in [2.75, 3.05) is 6.54 Å². The van der Waals surface area contributed by atoms with Crippen LogP contribution in [0.5, 0.6) is 0 Å². The van der Waals surface area contributed by atoms with Gasteiger partial charge in [-0.25, -0.2) is 4.98 Å². The molecule has 0 bridgehead atoms. The Bertz CT molecular complexity index is 701. The first-order valence-electron chi connectivity index (χ1n) is 9.06. The lowest BCUT2D eigenvalue weighted by Gasteiger charge is -2.33. The van der Waals surface area contributed by atoms with Gasteiger partial charge in [0.1, 0.15) is 5.76 Å². The Hall–Kier alpha value is -1.62. The maximum atomic E-state index is 13.1. The average molecular weight is 344 g/mol. The summed E-state index contributed by atoms with van der Waals surface area (Å²) in [5.74, 6) is 1.94. The molecule has 2 aromatic heterocycles. The maximum Gasteiger partial charge on any atom is 0.276 e. The molecule has 24 heavy (non-hydrogen) atoms. The molecule has 1 atom stereocenters. The molecular weight excluding hydrogens is 320 g/mol. The van der Waals surface area contributed by atoms with Gasteiger partial charge >= 0.3 is 0 Å². The third-order valence-corrected chi connectivity index (χ3v) is 6.34. The molecule has 4 nitrogen and oxygen atoms in total. The van der Waals surface area contributed by atoms with Gasteiger partial charge in [-0.3, -0.25) is 4.79 Å². The van der Waals surface area contributed by atoms with Crippen LogP contribution in [0.15, 0.2) is 21.9 Å². The van der Waals surface area contributed by atoms with E-state index in [1.165, 1.54) is 32.1 Å². The van der Waals surface area contributed by atoms with Crippen molar-refractivity contribution in [1.29, 1.82) is 0 Å². The van der Waals surface area contributed by atoms with Crippen LogP contribution in [0.3, 0.4) is 0 Å². The van der Waals surface area contributed by atoms with Gasteiger partial charge in [0.15, 0.2) is 5.69 Å².